The summed E-state index contributed by atoms with van der Waals surface area (Å²) in [6, 6.07) is 1.74. The molecule has 21 heavy (non-hydrogen) atoms. The number of hydrogen-bond donors (Lipinski definition) is 1. The van der Waals surface area contributed by atoms with E-state index in [9.17, 15) is 14.0 Å². The third-order valence-corrected chi connectivity index (χ3v) is 4.99. The van der Waals surface area contributed by atoms with E-state index in [0.717, 1.165) is 15.9 Å². The number of alkyl halides is 1. The van der Waals surface area contributed by atoms with E-state index in [1.165, 1.54) is 16.2 Å². The van der Waals surface area contributed by atoms with Crippen LogP contribution in [0.15, 0.2) is 6.07 Å². The number of thiophene rings is 1. The highest BCUT2D eigenvalue weighted by Crippen LogP contribution is 2.31. The van der Waals surface area contributed by atoms with E-state index in [-0.39, 0.29) is 18.9 Å². The van der Waals surface area contributed by atoms with Gasteiger partial charge in [-0.05, 0) is 13.0 Å². The van der Waals surface area contributed by atoms with Crippen LogP contribution in [0.25, 0.3) is 10.2 Å². The Hall–Kier alpha value is -1.96. The molecule has 3 heterocycles. The summed E-state index contributed by atoms with van der Waals surface area (Å²) in [4.78, 5) is 25.9. The monoisotopic (exact) mass is 311 g/mol. The molecule has 1 fully saturated rings. The van der Waals surface area contributed by atoms with Crippen LogP contribution in [0.4, 0.5) is 4.39 Å². The third-order valence-electron chi connectivity index (χ3n) is 3.80. The summed E-state index contributed by atoms with van der Waals surface area (Å²) in [5, 5.41) is 14.0. The highest BCUT2D eigenvalue weighted by atomic mass is 32.1. The van der Waals surface area contributed by atoms with Crippen molar-refractivity contribution >= 4 is 33.4 Å². The number of likely N-dealkylation sites (tertiary alicyclic amines) is 1. The largest absolute Gasteiger partial charge is 0.479 e. The fraction of sp³-hybridized carbons (Fsp3) is 0.462. The maximum absolute atomic E-state index is 14.0. The predicted octanol–water partition coefficient (Wildman–Crippen LogP) is 1.58. The molecule has 1 N–H and O–H groups in total. The Morgan fingerprint density at radius 2 is 2.24 bits per heavy atom. The number of amides is 1. The number of aliphatic carboxylic acids is 1. The van der Waals surface area contributed by atoms with Gasteiger partial charge >= 0.3 is 5.97 Å². The van der Waals surface area contributed by atoms with Crippen molar-refractivity contribution in [3.05, 3.63) is 16.6 Å². The molecule has 2 aromatic heterocycles. The predicted molar refractivity (Wildman–Crippen MR) is 75.3 cm³/mol. The van der Waals surface area contributed by atoms with Crippen molar-refractivity contribution in [2.45, 2.75) is 19.0 Å². The first-order valence-electron chi connectivity index (χ1n) is 6.46. The molecule has 1 aliphatic heterocycles. The zero-order chi connectivity index (χ0) is 15.4. The van der Waals surface area contributed by atoms with Crippen LogP contribution in [0.1, 0.15) is 21.8 Å². The SMILES string of the molecule is Cc1nn(C)c2sc(C(=O)N3CCC(F)(C(=O)O)C3)cc12. The minimum Gasteiger partial charge on any atom is -0.479 e. The average molecular weight is 311 g/mol. The van der Waals surface area contributed by atoms with Gasteiger partial charge in [0, 0.05) is 25.4 Å². The van der Waals surface area contributed by atoms with E-state index in [0.29, 0.717) is 4.88 Å². The molecule has 2 aromatic rings. The summed E-state index contributed by atoms with van der Waals surface area (Å²) in [5.41, 5.74) is -1.50. The van der Waals surface area contributed by atoms with Gasteiger partial charge in [0.25, 0.3) is 5.91 Å². The lowest BCUT2D eigenvalue weighted by molar-refractivity contribution is -0.149. The minimum atomic E-state index is -2.33. The Bertz CT molecular complexity index is 719. The highest BCUT2D eigenvalue weighted by molar-refractivity contribution is 7.20. The number of aryl methyl sites for hydroxylation is 2. The Morgan fingerprint density at radius 1 is 1.52 bits per heavy atom. The molecular weight excluding hydrogens is 297 g/mol. The smallest absolute Gasteiger partial charge is 0.343 e. The fourth-order valence-corrected chi connectivity index (χ4v) is 3.68. The van der Waals surface area contributed by atoms with E-state index < -0.39 is 18.2 Å². The van der Waals surface area contributed by atoms with Crippen molar-refractivity contribution in [1.29, 1.82) is 0 Å². The van der Waals surface area contributed by atoms with E-state index in [2.05, 4.69) is 5.10 Å². The van der Waals surface area contributed by atoms with Gasteiger partial charge in [0.1, 0.15) is 4.83 Å². The number of carboxylic acid groups (broad SMARTS) is 1. The molecule has 1 saturated heterocycles. The second-order valence-corrected chi connectivity index (χ2v) is 6.32. The van der Waals surface area contributed by atoms with E-state index in [1.807, 2.05) is 6.92 Å². The molecular formula is C13H14FN3O3S. The van der Waals surface area contributed by atoms with Crippen molar-refractivity contribution in [3.8, 4) is 0 Å². The Labute approximate surface area is 123 Å². The first-order chi connectivity index (χ1) is 9.82. The maximum Gasteiger partial charge on any atom is 0.343 e. The van der Waals surface area contributed by atoms with Gasteiger partial charge in [-0.2, -0.15) is 5.10 Å². The lowest BCUT2D eigenvalue weighted by atomic mass is 10.1. The first-order valence-corrected chi connectivity index (χ1v) is 7.28. The Morgan fingerprint density at radius 3 is 2.81 bits per heavy atom. The summed E-state index contributed by atoms with van der Waals surface area (Å²) in [6.07, 6.45) is -0.167. The molecule has 1 atom stereocenters. The summed E-state index contributed by atoms with van der Waals surface area (Å²) in [5.74, 6) is -1.83. The third kappa shape index (κ3) is 2.10. The van der Waals surface area contributed by atoms with Crippen LogP contribution in [-0.4, -0.2) is 50.4 Å². The van der Waals surface area contributed by atoms with Crippen molar-refractivity contribution in [2.75, 3.05) is 13.1 Å². The number of halogens is 1. The number of rotatable bonds is 2. The topological polar surface area (TPSA) is 75.4 Å². The number of fused-ring (bicyclic) bond motifs is 1. The molecule has 1 aliphatic rings. The number of hydrogen-bond acceptors (Lipinski definition) is 4. The van der Waals surface area contributed by atoms with Gasteiger partial charge in [0.2, 0.25) is 5.67 Å². The molecule has 3 rings (SSSR count). The zero-order valence-electron chi connectivity index (χ0n) is 11.6. The Balaban J connectivity index is 1.88. The van der Waals surface area contributed by atoms with Crippen LogP contribution in [0.2, 0.25) is 0 Å². The second kappa shape index (κ2) is 4.52. The molecule has 0 spiro atoms. The van der Waals surface area contributed by atoms with Crippen molar-refractivity contribution < 1.29 is 19.1 Å². The summed E-state index contributed by atoms with van der Waals surface area (Å²) >= 11 is 1.29. The van der Waals surface area contributed by atoms with Crippen LogP contribution < -0.4 is 0 Å². The number of aromatic nitrogens is 2. The van der Waals surface area contributed by atoms with Gasteiger partial charge in [-0.25, -0.2) is 9.18 Å². The summed E-state index contributed by atoms with van der Waals surface area (Å²) < 4.78 is 15.7. The van der Waals surface area contributed by atoms with Gasteiger partial charge < -0.3 is 10.0 Å². The molecule has 0 saturated carbocycles. The minimum absolute atomic E-state index is 0.118. The lowest BCUT2D eigenvalue weighted by Gasteiger charge is -2.16. The van der Waals surface area contributed by atoms with Crippen molar-refractivity contribution in [2.24, 2.45) is 7.05 Å². The quantitative estimate of drug-likeness (QED) is 0.913. The molecule has 112 valence electrons. The number of nitrogens with zero attached hydrogens (tertiary/aromatic N) is 3. The van der Waals surface area contributed by atoms with Crippen LogP contribution in [-0.2, 0) is 11.8 Å². The van der Waals surface area contributed by atoms with Crippen LogP contribution in [0, 0.1) is 6.92 Å². The van der Waals surface area contributed by atoms with Gasteiger partial charge in [-0.3, -0.25) is 9.48 Å². The number of carbonyl (C=O) groups excluding carboxylic acids is 1. The maximum atomic E-state index is 14.0. The Kier molecular flexibility index (Phi) is 3.01. The lowest BCUT2D eigenvalue weighted by Crippen LogP contribution is -2.38. The highest BCUT2D eigenvalue weighted by Gasteiger charge is 2.47. The van der Waals surface area contributed by atoms with Gasteiger partial charge in [0.05, 0.1) is 17.1 Å². The molecule has 0 aliphatic carbocycles. The molecule has 0 aromatic carbocycles. The molecule has 1 unspecified atom stereocenters. The molecule has 0 radical (unpaired) electrons. The van der Waals surface area contributed by atoms with Gasteiger partial charge in [0.15, 0.2) is 0 Å². The van der Waals surface area contributed by atoms with Crippen LogP contribution >= 0.6 is 11.3 Å². The van der Waals surface area contributed by atoms with Gasteiger partial charge in [-0.15, -0.1) is 11.3 Å². The molecule has 8 heteroatoms. The molecule has 0 bridgehead atoms. The summed E-state index contributed by atoms with van der Waals surface area (Å²) in [7, 11) is 1.80. The van der Waals surface area contributed by atoms with Crippen molar-refractivity contribution in [1.82, 2.24) is 14.7 Å². The van der Waals surface area contributed by atoms with Gasteiger partial charge in [-0.1, -0.05) is 0 Å². The second-order valence-electron chi connectivity index (χ2n) is 5.29. The normalized spacial score (nSPS) is 22.1. The number of carboxylic acids is 1. The van der Waals surface area contributed by atoms with Crippen LogP contribution in [0.3, 0.4) is 0 Å². The standard InChI is InChI=1S/C13H14FN3O3S/c1-7-8-5-9(21-11(8)16(2)15-7)10(18)17-4-3-13(14,6-17)12(19)20/h5H,3-4,6H2,1-2H3,(H,19,20). The zero-order valence-corrected chi connectivity index (χ0v) is 12.4. The van der Waals surface area contributed by atoms with E-state index in [4.69, 9.17) is 5.11 Å². The molecule has 1 amide bonds. The summed E-state index contributed by atoms with van der Waals surface area (Å²) in [6.45, 7) is 1.58. The number of carbonyl (C=O) groups is 2. The van der Waals surface area contributed by atoms with Crippen molar-refractivity contribution in [3.63, 3.8) is 0 Å². The first kappa shape index (κ1) is 14.0. The fourth-order valence-electron chi connectivity index (χ4n) is 2.59. The van der Waals surface area contributed by atoms with E-state index >= 15 is 0 Å². The molecule has 6 nitrogen and oxygen atoms in total. The van der Waals surface area contributed by atoms with E-state index in [1.54, 1.807) is 17.8 Å². The average Bonchev–Trinajstić information content (AvgIpc) is 3.07. The van der Waals surface area contributed by atoms with Crippen LogP contribution in [0.5, 0.6) is 0 Å².